The van der Waals surface area contributed by atoms with Crippen LogP contribution < -0.4 is 5.32 Å². The number of hydrogen-bond donors (Lipinski definition) is 2. The van der Waals surface area contributed by atoms with Crippen molar-refractivity contribution in [2.75, 3.05) is 40.9 Å². The molecule has 3 atom stereocenters. The number of quaternary nitrogens is 1. The number of ether oxygens (including phenoxy) is 1. The van der Waals surface area contributed by atoms with Gasteiger partial charge in [0.1, 0.15) is 19.3 Å². The molecule has 0 aromatic rings. The molecule has 0 fully saturated rings. The van der Waals surface area contributed by atoms with Gasteiger partial charge in [0, 0.05) is 12.8 Å². The van der Waals surface area contributed by atoms with Crippen LogP contribution in [0.4, 0.5) is 0 Å². The first kappa shape index (κ1) is 66.0. The zero-order valence-electron chi connectivity index (χ0n) is 45.3. The molecule has 0 aliphatic heterocycles. The molecule has 0 aromatic heterocycles. The van der Waals surface area contributed by atoms with Gasteiger partial charge in [0.05, 0.1) is 33.8 Å². The smallest absolute Gasteiger partial charge is 0.456 e. The van der Waals surface area contributed by atoms with Crippen molar-refractivity contribution in [1.29, 1.82) is 0 Å². The van der Waals surface area contributed by atoms with Crippen molar-refractivity contribution < 1.29 is 37.3 Å². The molecule has 0 spiro atoms. The number of allylic oxidation sites excluding steroid dienone is 7. The Balaban J connectivity index is 5.45. The van der Waals surface area contributed by atoms with Gasteiger partial charge >= 0.3 is 13.8 Å². The molecule has 2 N–H and O–H groups in total. The molecule has 0 bridgehead atoms. The van der Waals surface area contributed by atoms with E-state index in [4.69, 9.17) is 13.8 Å². The van der Waals surface area contributed by atoms with Crippen LogP contribution in [-0.4, -0.2) is 74.3 Å². The summed E-state index contributed by atoms with van der Waals surface area (Å²) in [6.45, 7) is 6.97. The maximum absolute atomic E-state index is 13.5. The molecule has 1 amide bonds. The molecule has 0 saturated carbocycles. The molecule has 0 aliphatic rings. The number of rotatable bonds is 51. The van der Waals surface area contributed by atoms with Gasteiger partial charge in [-0.05, 0) is 83.1 Å². The fraction of sp³-hybridized carbons (Fsp3) is 0.828. The van der Waals surface area contributed by atoms with Crippen LogP contribution in [0.3, 0.4) is 0 Å². The monoisotopic (exact) mass is 978 g/mol. The molecule has 0 aliphatic carbocycles. The van der Waals surface area contributed by atoms with Gasteiger partial charge in [-0.2, -0.15) is 0 Å². The third-order valence-corrected chi connectivity index (χ3v) is 13.5. The maximum atomic E-state index is 13.5. The summed E-state index contributed by atoms with van der Waals surface area (Å²) in [4.78, 5) is 37.5. The Labute approximate surface area is 420 Å². The van der Waals surface area contributed by atoms with Crippen molar-refractivity contribution in [1.82, 2.24) is 5.32 Å². The molecule has 0 radical (unpaired) electrons. The third-order valence-electron chi connectivity index (χ3n) is 12.5. The summed E-state index contributed by atoms with van der Waals surface area (Å²) in [6.07, 6.45) is 58.2. The quantitative estimate of drug-likeness (QED) is 0.0156. The van der Waals surface area contributed by atoms with Crippen molar-refractivity contribution in [3.05, 3.63) is 48.6 Å². The SMILES string of the molecule is CCCCCCCC/C=C\CCCCCC(=O)OC(/C=C/CCCCCCCCCCCCC)C(COP(=O)(O)OCC[N+](C)(C)C)NC(=O)CCCCC/C=C/C=C/CCCCCCCCC. The number of carbonyl (C=O) groups excluding carboxylic acids is 2. The second-order valence-corrected chi connectivity index (χ2v) is 21.9. The van der Waals surface area contributed by atoms with Gasteiger partial charge in [0.15, 0.2) is 0 Å². The predicted octanol–water partition coefficient (Wildman–Crippen LogP) is 16.9. The van der Waals surface area contributed by atoms with Crippen LogP contribution in [0.1, 0.15) is 258 Å². The van der Waals surface area contributed by atoms with Gasteiger partial charge in [0.25, 0.3) is 0 Å². The second-order valence-electron chi connectivity index (χ2n) is 20.5. The highest BCUT2D eigenvalue weighted by atomic mass is 31.2. The normalized spacial score (nSPS) is 14.2. The van der Waals surface area contributed by atoms with E-state index >= 15 is 0 Å². The first-order chi connectivity index (χ1) is 32.9. The number of carbonyl (C=O) groups is 2. The highest BCUT2D eigenvalue weighted by molar-refractivity contribution is 7.47. The molecule has 10 heteroatoms. The van der Waals surface area contributed by atoms with Gasteiger partial charge in [-0.25, -0.2) is 4.57 Å². The van der Waals surface area contributed by atoms with Gasteiger partial charge in [-0.3, -0.25) is 18.6 Å². The summed E-state index contributed by atoms with van der Waals surface area (Å²) < 4.78 is 30.6. The van der Waals surface area contributed by atoms with Crippen molar-refractivity contribution in [3.8, 4) is 0 Å². The number of amides is 1. The van der Waals surface area contributed by atoms with E-state index in [-0.39, 0.29) is 31.5 Å². The summed E-state index contributed by atoms with van der Waals surface area (Å²) in [5.74, 6) is -0.551. The van der Waals surface area contributed by atoms with E-state index < -0.39 is 20.0 Å². The standard InChI is InChI=1S/C58H109N2O7P/c1-7-10-13-16-19-22-25-28-29-30-33-35-38-41-44-47-50-57(61)59-55(54-66-68(63,64)65-53-52-60(4,5)6)56(49-46-43-40-37-34-31-26-23-20-17-14-11-8-2)67-58(62)51-48-45-42-39-36-32-27-24-21-18-15-12-9-3/h29-30,32-33,35-36,46,49,55-56H,7-28,31,34,37-45,47-48,50-54H2,1-6H3,(H-,59,61,63,64)/p+1/b30-29+,35-33+,36-32-,49-46+. The van der Waals surface area contributed by atoms with E-state index in [9.17, 15) is 19.0 Å². The number of phosphoric acid groups is 1. The molecule has 0 rings (SSSR count). The molecule has 0 aromatic carbocycles. The third kappa shape index (κ3) is 49.0. The van der Waals surface area contributed by atoms with E-state index in [1.807, 2.05) is 33.3 Å². The zero-order valence-corrected chi connectivity index (χ0v) is 46.2. The number of nitrogens with one attached hydrogen (secondary N) is 1. The molecule has 68 heavy (non-hydrogen) atoms. The fourth-order valence-electron chi connectivity index (χ4n) is 8.04. The average Bonchev–Trinajstić information content (AvgIpc) is 3.29. The Morgan fingerprint density at radius 3 is 1.34 bits per heavy atom. The lowest BCUT2D eigenvalue weighted by Gasteiger charge is -2.27. The van der Waals surface area contributed by atoms with Crippen molar-refractivity contribution in [2.24, 2.45) is 0 Å². The van der Waals surface area contributed by atoms with Crippen LogP contribution in [0.2, 0.25) is 0 Å². The minimum absolute atomic E-state index is 0.0330. The Kier molecular flexibility index (Phi) is 47.1. The van der Waals surface area contributed by atoms with Crippen LogP contribution >= 0.6 is 7.82 Å². The summed E-state index contributed by atoms with van der Waals surface area (Å²) in [5, 5.41) is 3.03. The lowest BCUT2D eigenvalue weighted by molar-refractivity contribution is -0.870. The summed E-state index contributed by atoms with van der Waals surface area (Å²) in [5.41, 5.74) is 0. The molecular formula is C58H110N2O7P+. The first-order valence-electron chi connectivity index (χ1n) is 28.5. The molecule has 3 unspecified atom stereocenters. The lowest BCUT2D eigenvalue weighted by Crippen LogP contribution is -2.47. The van der Waals surface area contributed by atoms with Crippen LogP contribution in [0.5, 0.6) is 0 Å². The van der Waals surface area contributed by atoms with Crippen molar-refractivity contribution in [2.45, 2.75) is 270 Å². The zero-order chi connectivity index (χ0) is 50.1. The average molecular weight is 978 g/mol. The second kappa shape index (κ2) is 48.6. The Hall–Kier alpha value is -2.03. The van der Waals surface area contributed by atoms with Crippen LogP contribution in [-0.2, 0) is 27.9 Å². The van der Waals surface area contributed by atoms with E-state index in [2.05, 4.69) is 62.5 Å². The number of hydrogen-bond acceptors (Lipinski definition) is 6. The van der Waals surface area contributed by atoms with E-state index in [1.54, 1.807) is 0 Å². The van der Waals surface area contributed by atoms with Gasteiger partial charge in [-0.1, -0.05) is 211 Å². The molecule has 0 heterocycles. The highest BCUT2D eigenvalue weighted by Gasteiger charge is 2.30. The molecule has 398 valence electrons. The number of likely N-dealkylation sites (N-methyl/N-ethyl adjacent to an activating group) is 1. The minimum Gasteiger partial charge on any atom is -0.456 e. The Morgan fingerprint density at radius 2 is 0.897 bits per heavy atom. The van der Waals surface area contributed by atoms with Crippen LogP contribution in [0, 0.1) is 0 Å². The minimum atomic E-state index is -4.45. The summed E-state index contributed by atoms with van der Waals surface area (Å²) in [7, 11) is 1.47. The van der Waals surface area contributed by atoms with Gasteiger partial charge in [0.2, 0.25) is 5.91 Å². The first-order valence-corrected chi connectivity index (χ1v) is 30.0. The number of esters is 1. The molecular weight excluding hydrogens is 868 g/mol. The van der Waals surface area contributed by atoms with Crippen molar-refractivity contribution >= 4 is 19.7 Å². The van der Waals surface area contributed by atoms with E-state index in [0.29, 0.717) is 30.3 Å². The molecule has 0 saturated heterocycles. The number of nitrogens with zero attached hydrogens (tertiary/aromatic N) is 1. The number of unbranched alkanes of at least 4 members (excludes halogenated alkanes) is 30. The fourth-order valence-corrected chi connectivity index (χ4v) is 8.78. The lowest BCUT2D eigenvalue weighted by atomic mass is 10.0. The van der Waals surface area contributed by atoms with Crippen LogP contribution in [0.15, 0.2) is 48.6 Å². The summed E-state index contributed by atoms with van der Waals surface area (Å²) >= 11 is 0. The van der Waals surface area contributed by atoms with Gasteiger partial charge in [-0.15, -0.1) is 0 Å². The highest BCUT2D eigenvalue weighted by Crippen LogP contribution is 2.43. The maximum Gasteiger partial charge on any atom is 0.472 e. The van der Waals surface area contributed by atoms with Crippen molar-refractivity contribution in [3.63, 3.8) is 0 Å². The number of phosphoric ester groups is 1. The van der Waals surface area contributed by atoms with Gasteiger partial charge < -0.3 is 19.4 Å². The topological polar surface area (TPSA) is 111 Å². The summed E-state index contributed by atoms with van der Waals surface area (Å²) in [6, 6.07) is -0.866. The Morgan fingerprint density at radius 1 is 0.515 bits per heavy atom. The van der Waals surface area contributed by atoms with Crippen LogP contribution in [0.25, 0.3) is 0 Å². The largest absolute Gasteiger partial charge is 0.472 e. The van der Waals surface area contributed by atoms with E-state index in [0.717, 1.165) is 70.6 Å². The van der Waals surface area contributed by atoms with E-state index in [1.165, 1.54) is 141 Å². The molecule has 9 nitrogen and oxygen atoms in total. The Bertz CT molecular complexity index is 1310. The predicted molar refractivity (Wildman–Crippen MR) is 291 cm³/mol.